The minimum Gasteiger partial charge on any atom is -0.378 e. The highest BCUT2D eigenvalue weighted by atomic mass is 35.5. The smallest absolute Gasteiger partial charge is 0.103 e. The van der Waals surface area contributed by atoms with E-state index in [1.165, 1.54) is 0 Å². The van der Waals surface area contributed by atoms with Gasteiger partial charge in [-0.2, -0.15) is 0 Å². The van der Waals surface area contributed by atoms with Crippen LogP contribution in [0.4, 0.5) is 5.69 Å². The van der Waals surface area contributed by atoms with Gasteiger partial charge in [-0.1, -0.05) is 17.7 Å². The summed E-state index contributed by atoms with van der Waals surface area (Å²) in [6.07, 6.45) is 7.15. The summed E-state index contributed by atoms with van der Waals surface area (Å²) < 4.78 is 1.89. The number of hydrogen-bond donors (Lipinski definition) is 2. The number of imidazole rings is 2. The minimum atomic E-state index is 0.656. The number of anilines is 1. The summed E-state index contributed by atoms with van der Waals surface area (Å²) in [5, 5.41) is 4.04. The zero-order chi connectivity index (χ0) is 13.9. The summed E-state index contributed by atoms with van der Waals surface area (Å²) in [5.74, 6) is 0.905. The molecule has 0 spiro atoms. The van der Waals surface area contributed by atoms with Crippen molar-refractivity contribution in [1.82, 2.24) is 19.5 Å². The largest absolute Gasteiger partial charge is 0.378 e. The topological polar surface area (TPSA) is 58.5 Å². The van der Waals surface area contributed by atoms with Gasteiger partial charge in [0.2, 0.25) is 0 Å². The molecule has 3 aromatic rings. The van der Waals surface area contributed by atoms with E-state index in [9.17, 15) is 0 Å². The molecule has 2 N–H and O–H groups in total. The van der Waals surface area contributed by atoms with Crippen LogP contribution in [0, 0.1) is 6.92 Å². The number of rotatable bonds is 4. The van der Waals surface area contributed by atoms with Crippen molar-refractivity contribution < 1.29 is 0 Å². The first-order valence-electron chi connectivity index (χ1n) is 6.25. The summed E-state index contributed by atoms with van der Waals surface area (Å²) in [5.41, 5.74) is 2.87. The summed E-state index contributed by atoms with van der Waals surface area (Å²) in [4.78, 5) is 11.4. The van der Waals surface area contributed by atoms with Crippen molar-refractivity contribution in [3.63, 3.8) is 0 Å². The van der Waals surface area contributed by atoms with E-state index in [2.05, 4.69) is 20.3 Å². The zero-order valence-corrected chi connectivity index (χ0v) is 11.7. The van der Waals surface area contributed by atoms with Gasteiger partial charge in [-0.25, -0.2) is 9.97 Å². The van der Waals surface area contributed by atoms with E-state index in [4.69, 9.17) is 11.6 Å². The Bertz CT molecular complexity index is 702. The molecule has 0 unspecified atom stereocenters. The monoisotopic (exact) mass is 287 g/mol. The number of para-hydroxylation sites is 1. The van der Waals surface area contributed by atoms with Crippen molar-refractivity contribution in [3.05, 3.63) is 59.7 Å². The van der Waals surface area contributed by atoms with Gasteiger partial charge in [0.1, 0.15) is 5.82 Å². The van der Waals surface area contributed by atoms with E-state index in [1.54, 1.807) is 12.5 Å². The van der Waals surface area contributed by atoms with Crippen molar-refractivity contribution in [2.75, 3.05) is 5.32 Å². The van der Waals surface area contributed by atoms with Gasteiger partial charge in [0.05, 0.1) is 41.2 Å². The Kier molecular flexibility index (Phi) is 3.43. The Hall–Kier alpha value is -2.27. The maximum Gasteiger partial charge on any atom is 0.103 e. The number of nitrogens with zero attached hydrogens (tertiary/aromatic N) is 3. The molecule has 0 amide bonds. The molecule has 0 bridgehead atoms. The molecule has 5 nitrogen and oxygen atoms in total. The number of H-pyrrole nitrogens is 1. The second kappa shape index (κ2) is 5.38. The van der Waals surface area contributed by atoms with Crippen LogP contribution in [0.1, 0.15) is 11.5 Å². The molecule has 0 radical (unpaired) electrons. The standard InChI is InChI=1S/C14H14ClN5/c1-10-17-7-11(19-10)8-18-13-4-2-3-12(15)14(13)20-6-5-16-9-20/h2-7,9,18H,8H2,1H3,(H,17,19). The van der Waals surface area contributed by atoms with E-state index < -0.39 is 0 Å². The quantitative estimate of drug-likeness (QED) is 0.775. The van der Waals surface area contributed by atoms with E-state index in [-0.39, 0.29) is 0 Å². The molecule has 102 valence electrons. The summed E-state index contributed by atoms with van der Waals surface area (Å²) in [7, 11) is 0. The van der Waals surface area contributed by atoms with Crippen molar-refractivity contribution >= 4 is 17.3 Å². The number of hydrogen-bond acceptors (Lipinski definition) is 3. The van der Waals surface area contributed by atoms with Crippen LogP contribution in [0.25, 0.3) is 5.69 Å². The summed E-state index contributed by atoms with van der Waals surface area (Å²) in [6.45, 7) is 2.59. The normalized spacial score (nSPS) is 10.7. The molecule has 0 aliphatic heterocycles. The zero-order valence-electron chi connectivity index (χ0n) is 11.0. The molecule has 2 aromatic heterocycles. The maximum atomic E-state index is 6.30. The van der Waals surface area contributed by atoms with Crippen molar-refractivity contribution in [3.8, 4) is 5.69 Å². The molecule has 2 heterocycles. The minimum absolute atomic E-state index is 0.656. The van der Waals surface area contributed by atoms with Gasteiger partial charge in [0.15, 0.2) is 0 Å². The molecule has 0 saturated carbocycles. The van der Waals surface area contributed by atoms with Gasteiger partial charge in [0.25, 0.3) is 0 Å². The Morgan fingerprint density at radius 1 is 1.40 bits per heavy atom. The Morgan fingerprint density at radius 2 is 2.30 bits per heavy atom. The van der Waals surface area contributed by atoms with Gasteiger partial charge in [0, 0.05) is 12.4 Å². The average Bonchev–Trinajstić information content (AvgIpc) is 3.08. The van der Waals surface area contributed by atoms with Crippen LogP contribution < -0.4 is 5.32 Å². The maximum absolute atomic E-state index is 6.30. The number of halogens is 1. The van der Waals surface area contributed by atoms with E-state index in [1.807, 2.05) is 42.1 Å². The molecule has 0 aliphatic rings. The Morgan fingerprint density at radius 3 is 3.00 bits per heavy atom. The number of benzene rings is 1. The average molecular weight is 288 g/mol. The van der Waals surface area contributed by atoms with E-state index in [0.29, 0.717) is 11.6 Å². The molecule has 0 aliphatic carbocycles. The summed E-state index contributed by atoms with van der Waals surface area (Å²) in [6, 6.07) is 5.77. The number of aromatic amines is 1. The van der Waals surface area contributed by atoms with Crippen molar-refractivity contribution in [2.45, 2.75) is 13.5 Å². The first kappa shape index (κ1) is 12.7. The van der Waals surface area contributed by atoms with E-state index >= 15 is 0 Å². The Labute approximate surface area is 121 Å². The lowest BCUT2D eigenvalue weighted by atomic mass is 10.2. The lowest BCUT2D eigenvalue weighted by Crippen LogP contribution is -2.04. The van der Waals surface area contributed by atoms with Crippen LogP contribution in [0.3, 0.4) is 0 Å². The third-order valence-electron chi connectivity index (χ3n) is 2.97. The SMILES string of the molecule is Cc1ncc(CNc2cccc(Cl)c2-n2ccnc2)[nH]1. The van der Waals surface area contributed by atoms with Crippen LogP contribution in [0.2, 0.25) is 5.02 Å². The van der Waals surface area contributed by atoms with Gasteiger partial charge in [-0.15, -0.1) is 0 Å². The van der Waals surface area contributed by atoms with Gasteiger partial charge < -0.3 is 14.9 Å². The highest BCUT2D eigenvalue weighted by molar-refractivity contribution is 6.33. The molecule has 0 saturated heterocycles. The van der Waals surface area contributed by atoms with Crippen LogP contribution in [-0.4, -0.2) is 19.5 Å². The second-order valence-electron chi connectivity index (χ2n) is 4.45. The van der Waals surface area contributed by atoms with Gasteiger partial charge >= 0.3 is 0 Å². The van der Waals surface area contributed by atoms with Crippen molar-refractivity contribution in [2.24, 2.45) is 0 Å². The molecular formula is C14H14ClN5. The first-order valence-corrected chi connectivity index (χ1v) is 6.63. The van der Waals surface area contributed by atoms with Crippen LogP contribution in [0.5, 0.6) is 0 Å². The molecule has 3 rings (SSSR count). The Balaban J connectivity index is 1.88. The molecule has 0 atom stereocenters. The van der Waals surface area contributed by atoms with Crippen LogP contribution in [-0.2, 0) is 6.54 Å². The highest BCUT2D eigenvalue weighted by Crippen LogP contribution is 2.28. The van der Waals surface area contributed by atoms with Crippen LogP contribution in [0.15, 0.2) is 43.1 Å². The fourth-order valence-corrected chi connectivity index (χ4v) is 2.34. The predicted molar refractivity (Wildman–Crippen MR) is 79.2 cm³/mol. The molecule has 6 heteroatoms. The number of aromatic nitrogens is 4. The lowest BCUT2D eigenvalue weighted by molar-refractivity contribution is 1.02. The van der Waals surface area contributed by atoms with Crippen molar-refractivity contribution in [1.29, 1.82) is 0 Å². The third kappa shape index (κ3) is 2.53. The van der Waals surface area contributed by atoms with E-state index in [0.717, 1.165) is 22.9 Å². The first-order chi connectivity index (χ1) is 9.74. The number of nitrogens with one attached hydrogen (secondary N) is 2. The molecule has 20 heavy (non-hydrogen) atoms. The van der Waals surface area contributed by atoms with Gasteiger partial charge in [-0.05, 0) is 19.1 Å². The molecule has 0 fully saturated rings. The fourth-order valence-electron chi connectivity index (χ4n) is 2.06. The number of aryl methyl sites for hydroxylation is 1. The third-order valence-corrected chi connectivity index (χ3v) is 3.28. The fraction of sp³-hybridized carbons (Fsp3) is 0.143. The predicted octanol–water partition coefficient (Wildman–Crippen LogP) is 3.17. The van der Waals surface area contributed by atoms with Gasteiger partial charge in [-0.3, -0.25) is 0 Å². The molecular weight excluding hydrogens is 274 g/mol. The second-order valence-corrected chi connectivity index (χ2v) is 4.86. The highest BCUT2D eigenvalue weighted by Gasteiger charge is 2.09. The summed E-state index contributed by atoms with van der Waals surface area (Å²) >= 11 is 6.30. The molecule has 1 aromatic carbocycles. The lowest BCUT2D eigenvalue weighted by Gasteiger charge is -2.13. The van der Waals surface area contributed by atoms with Crippen LogP contribution >= 0.6 is 11.6 Å².